The quantitative estimate of drug-likeness (QED) is 0.547. The van der Waals surface area contributed by atoms with E-state index in [0.717, 1.165) is 0 Å². The van der Waals surface area contributed by atoms with E-state index in [0.29, 0.717) is 0 Å². The summed E-state index contributed by atoms with van der Waals surface area (Å²) in [6.07, 6.45) is -2.43. The van der Waals surface area contributed by atoms with Crippen LogP contribution in [0.5, 0.6) is 0 Å². The van der Waals surface area contributed by atoms with Gasteiger partial charge < -0.3 is 9.84 Å². The van der Waals surface area contributed by atoms with Crippen LogP contribution in [0, 0.1) is 0 Å². The maximum Gasteiger partial charge on any atom is 0.261 e. The molecule has 0 bridgehead atoms. The molecule has 0 aromatic carbocycles. The Morgan fingerprint density at radius 1 is 1.50 bits per heavy atom. The predicted molar refractivity (Wildman–Crippen MR) is 23.9 cm³/mol. The number of ether oxygens (including phenoxy) is 1. The van der Waals surface area contributed by atoms with Crippen LogP contribution in [0.25, 0.3) is 0 Å². The van der Waals surface area contributed by atoms with Gasteiger partial charge in [0.15, 0.2) is 0 Å². The van der Waals surface area contributed by atoms with Crippen molar-refractivity contribution in [2.45, 2.75) is 6.43 Å². The summed E-state index contributed by atoms with van der Waals surface area (Å²) in [4.78, 5) is 0. The van der Waals surface area contributed by atoms with E-state index in [1.54, 1.807) is 0 Å². The monoisotopic (exact) mass is 126 g/mol. The molecule has 4 heteroatoms. The van der Waals surface area contributed by atoms with Crippen molar-refractivity contribution in [2.75, 3.05) is 19.8 Å². The molecule has 0 aliphatic carbocycles. The highest BCUT2D eigenvalue weighted by molar-refractivity contribution is 4.32. The minimum Gasteiger partial charge on any atom is -0.394 e. The van der Waals surface area contributed by atoms with Crippen LogP contribution >= 0.6 is 0 Å². The first-order valence-corrected chi connectivity index (χ1v) is 2.24. The maximum absolute atomic E-state index is 11.2. The number of alkyl halides is 2. The highest BCUT2D eigenvalue weighted by atomic mass is 19.3. The van der Waals surface area contributed by atoms with E-state index in [1.807, 2.05) is 0 Å². The van der Waals surface area contributed by atoms with Crippen LogP contribution in [0.2, 0.25) is 0 Å². The fourth-order valence-electron chi connectivity index (χ4n) is 0.237. The molecule has 2 nitrogen and oxygen atoms in total. The van der Waals surface area contributed by atoms with Gasteiger partial charge in [-0.1, -0.05) is 0 Å². The molecule has 1 N–H and O–H groups in total. The minimum atomic E-state index is -2.43. The SMILES string of the molecule is OCCOCC(F)F. The van der Waals surface area contributed by atoms with Crippen molar-refractivity contribution in [1.82, 2.24) is 0 Å². The maximum atomic E-state index is 11.2. The van der Waals surface area contributed by atoms with Gasteiger partial charge in [-0.05, 0) is 0 Å². The Kier molecular flexibility index (Phi) is 4.79. The zero-order valence-electron chi connectivity index (χ0n) is 4.31. The molecule has 0 radical (unpaired) electrons. The first kappa shape index (κ1) is 7.78. The van der Waals surface area contributed by atoms with Crippen molar-refractivity contribution in [3.8, 4) is 0 Å². The summed E-state index contributed by atoms with van der Waals surface area (Å²) in [7, 11) is 0. The zero-order chi connectivity index (χ0) is 6.41. The Bertz CT molecular complexity index is 49.3. The normalized spacial score (nSPS) is 10.5. The van der Waals surface area contributed by atoms with E-state index in [4.69, 9.17) is 5.11 Å². The smallest absolute Gasteiger partial charge is 0.261 e. The Balaban J connectivity index is 2.72. The van der Waals surface area contributed by atoms with E-state index in [1.165, 1.54) is 0 Å². The number of rotatable bonds is 4. The largest absolute Gasteiger partial charge is 0.394 e. The number of hydrogen-bond acceptors (Lipinski definition) is 2. The molecule has 0 atom stereocenters. The lowest BCUT2D eigenvalue weighted by Crippen LogP contribution is -2.07. The van der Waals surface area contributed by atoms with Crippen LogP contribution in [0.15, 0.2) is 0 Å². The van der Waals surface area contributed by atoms with Gasteiger partial charge in [-0.2, -0.15) is 0 Å². The summed E-state index contributed by atoms with van der Waals surface area (Å²) >= 11 is 0. The fourth-order valence-corrected chi connectivity index (χ4v) is 0.237. The van der Waals surface area contributed by atoms with Crippen molar-refractivity contribution in [2.24, 2.45) is 0 Å². The lowest BCUT2D eigenvalue weighted by atomic mass is 10.7. The molecule has 0 aliphatic rings. The summed E-state index contributed by atoms with van der Waals surface area (Å²) in [5.74, 6) is 0. The van der Waals surface area contributed by atoms with Crippen LogP contribution in [0.3, 0.4) is 0 Å². The molecule has 0 amide bonds. The molecular weight excluding hydrogens is 118 g/mol. The first-order valence-electron chi connectivity index (χ1n) is 2.24. The highest BCUT2D eigenvalue weighted by Gasteiger charge is 1.99. The summed E-state index contributed by atoms with van der Waals surface area (Å²) in [5.41, 5.74) is 0. The van der Waals surface area contributed by atoms with Crippen molar-refractivity contribution in [3.05, 3.63) is 0 Å². The van der Waals surface area contributed by atoms with Crippen molar-refractivity contribution < 1.29 is 18.6 Å². The average Bonchev–Trinajstić information content (AvgIpc) is 1.66. The molecule has 0 spiro atoms. The second kappa shape index (κ2) is 4.93. The first-order chi connectivity index (χ1) is 3.77. The third-order valence-corrected chi connectivity index (χ3v) is 0.479. The van der Waals surface area contributed by atoms with Gasteiger partial charge in [0.2, 0.25) is 0 Å². The number of aliphatic hydroxyl groups excluding tert-OH is 1. The van der Waals surface area contributed by atoms with E-state index >= 15 is 0 Å². The van der Waals surface area contributed by atoms with Gasteiger partial charge in [-0.3, -0.25) is 0 Å². The Morgan fingerprint density at radius 3 is 2.50 bits per heavy atom. The molecule has 0 rings (SSSR count). The molecule has 0 unspecified atom stereocenters. The molecule has 8 heavy (non-hydrogen) atoms. The Hall–Kier alpha value is -0.220. The lowest BCUT2D eigenvalue weighted by molar-refractivity contribution is 0.00487. The van der Waals surface area contributed by atoms with E-state index in [-0.39, 0.29) is 13.2 Å². The molecule has 0 aliphatic heterocycles. The lowest BCUT2D eigenvalue weighted by Gasteiger charge is -1.97. The van der Waals surface area contributed by atoms with Gasteiger partial charge in [-0.25, -0.2) is 8.78 Å². The molecule has 0 saturated heterocycles. The summed E-state index contributed by atoms with van der Waals surface area (Å²) in [6, 6.07) is 0. The number of aliphatic hydroxyl groups is 1. The molecule has 0 heterocycles. The summed E-state index contributed by atoms with van der Waals surface area (Å²) in [6.45, 7) is -0.794. The van der Waals surface area contributed by atoms with Gasteiger partial charge in [-0.15, -0.1) is 0 Å². The molecule has 0 aromatic heterocycles. The summed E-state index contributed by atoms with van der Waals surface area (Å²) in [5, 5.41) is 8.01. The molecule has 0 aromatic rings. The van der Waals surface area contributed by atoms with E-state index in [2.05, 4.69) is 4.74 Å². The zero-order valence-corrected chi connectivity index (χ0v) is 4.31. The Labute approximate surface area is 46.1 Å². The average molecular weight is 126 g/mol. The molecule has 50 valence electrons. The van der Waals surface area contributed by atoms with Gasteiger partial charge >= 0.3 is 0 Å². The van der Waals surface area contributed by atoms with Gasteiger partial charge in [0.1, 0.15) is 6.61 Å². The standard InChI is InChI=1S/C4H8F2O2/c5-4(6)3-8-2-1-7/h4,7H,1-3H2. The Morgan fingerprint density at radius 2 is 2.12 bits per heavy atom. The molecular formula is C4H8F2O2. The third kappa shape index (κ3) is 5.78. The topological polar surface area (TPSA) is 29.5 Å². The van der Waals surface area contributed by atoms with E-state index < -0.39 is 13.0 Å². The summed E-state index contributed by atoms with van der Waals surface area (Å²) < 4.78 is 26.5. The second-order valence-corrected chi connectivity index (χ2v) is 1.19. The van der Waals surface area contributed by atoms with Gasteiger partial charge in [0, 0.05) is 0 Å². The van der Waals surface area contributed by atoms with Crippen LogP contribution in [-0.4, -0.2) is 31.4 Å². The third-order valence-electron chi connectivity index (χ3n) is 0.479. The number of hydrogen-bond donors (Lipinski definition) is 1. The minimum absolute atomic E-state index is 0.00958. The molecule has 0 fully saturated rings. The van der Waals surface area contributed by atoms with Crippen molar-refractivity contribution in [1.29, 1.82) is 0 Å². The predicted octanol–water partition coefficient (Wildman–Crippen LogP) is 0.260. The number of halogens is 2. The second-order valence-electron chi connectivity index (χ2n) is 1.19. The van der Waals surface area contributed by atoms with Gasteiger partial charge in [0.05, 0.1) is 13.2 Å². The fraction of sp³-hybridized carbons (Fsp3) is 1.00. The van der Waals surface area contributed by atoms with Crippen LogP contribution < -0.4 is 0 Å². The van der Waals surface area contributed by atoms with Crippen LogP contribution in [0.1, 0.15) is 0 Å². The molecule has 0 saturated carbocycles. The van der Waals surface area contributed by atoms with Gasteiger partial charge in [0.25, 0.3) is 6.43 Å². The van der Waals surface area contributed by atoms with Crippen molar-refractivity contribution >= 4 is 0 Å². The van der Waals surface area contributed by atoms with Crippen LogP contribution in [0.4, 0.5) is 8.78 Å². The van der Waals surface area contributed by atoms with Crippen LogP contribution in [-0.2, 0) is 4.74 Å². The van der Waals surface area contributed by atoms with E-state index in [9.17, 15) is 8.78 Å². The van der Waals surface area contributed by atoms with Crippen molar-refractivity contribution in [3.63, 3.8) is 0 Å². The highest BCUT2D eigenvalue weighted by Crippen LogP contribution is 1.90.